The summed E-state index contributed by atoms with van der Waals surface area (Å²) < 4.78 is 5.35. The van der Waals surface area contributed by atoms with Crippen LogP contribution in [-0.2, 0) is 0 Å². The van der Waals surface area contributed by atoms with E-state index < -0.39 is 0 Å². The normalized spacial score (nSPS) is 9.85. The minimum absolute atomic E-state index is 0.406. The summed E-state index contributed by atoms with van der Waals surface area (Å²) in [6.45, 7) is 0. The van der Waals surface area contributed by atoms with Crippen LogP contribution in [0.2, 0.25) is 0 Å². The van der Waals surface area contributed by atoms with Gasteiger partial charge in [0, 0.05) is 0 Å². The highest BCUT2D eigenvalue weighted by molar-refractivity contribution is 5.29. The molecule has 1 aromatic carbocycles. The van der Waals surface area contributed by atoms with Crippen LogP contribution in [0.5, 0.6) is 11.8 Å². The average Bonchev–Trinajstić information content (AvgIpc) is 2.53. The first-order valence-corrected chi connectivity index (χ1v) is 3.88. The van der Waals surface area contributed by atoms with E-state index in [9.17, 15) is 0 Å². The molecule has 1 aromatic heterocycles. The van der Waals surface area contributed by atoms with E-state index in [4.69, 9.17) is 10.5 Å². The SMILES string of the molecule is Nc1cnc(Oc2ccccc2)[nH]1. The van der Waals surface area contributed by atoms with Gasteiger partial charge in [0.25, 0.3) is 0 Å². The Morgan fingerprint density at radius 1 is 1.23 bits per heavy atom. The molecule has 4 nitrogen and oxygen atoms in total. The lowest BCUT2D eigenvalue weighted by atomic mass is 10.3. The second-order valence-electron chi connectivity index (χ2n) is 2.56. The molecule has 3 N–H and O–H groups in total. The molecule has 2 aromatic rings. The van der Waals surface area contributed by atoms with Gasteiger partial charge >= 0.3 is 6.01 Å². The third-order valence-electron chi connectivity index (χ3n) is 1.53. The maximum Gasteiger partial charge on any atom is 0.300 e. The molecular weight excluding hydrogens is 166 g/mol. The summed E-state index contributed by atoms with van der Waals surface area (Å²) in [4.78, 5) is 6.68. The first kappa shape index (κ1) is 7.67. The Hall–Kier alpha value is -1.97. The summed E-state index contributed by atoms with van der Waals surface area (Å²) in [6.07, 6.45) is 1.51. The van der Waals surface area contributed by atoms with E-state index in [0.29, 0.717) is 11.8 Å². The molecule has 0 atom stereocenters. The van der Waals surface area contributed by atoms with Crippen LogP contribution in [0.15, 0.2) is 36.5 Å². The number of para-hydroxylation sites is 1. The first-order valence-electron chi connectivity index (χ1n) is 3.88. The van der Waals surface area contributed by atoms with Crippen molar-refractivity contribution in [2.75, 3.05) is 5.73 Å². The lowest BCUT2D eigenvalue weighted by molar-refractivity contribution is 0.448. The van der Waals surface area contributed by atoms with Crippen LogP contribution in [0.3, 0.4) is 0 Å². The van der Waals surface area contributed by atoms with Crippen LogP contribution in [-0.4, -0.2) is 9.97 Å². The lowest BCUT2D eigenvalue weighted by Gasteiger charge is -1.99. The zero-order valence-electron chi connectivity index (χ0n) is 6.90. The van der Waals surface area contributed by atoms with E-state index in [0.717, 1.165) is 5.75 Å². The van der Waals surface area contributed by atoms with Gasteiger partial charge in [-0.25, -0.2) is 4.98 Å². The summed E-state index contributed by atoms with van der Waals surface area (Å²) in [5.74, 6) is 1.22. The van der Waals surface area contributed by atoms with Gasteiger partial charge in [0.2, 0.25) is 0 Å². The van der Waals surface area contributed by atoms with Gasteiger partial charge in [0.1, 0.15) is 11.6 Å². The molecule has 0 bridgehead atoms. The summed E-state index contributed by atoms with van der Waals surface area (Å²) >= 11 is 0. The number of anilines is 1. The van der Waals surface area contributed by atoms with Crippen molar-refractivity contribution in [3.63, 3.8) is 0 Å². The first-order chi connectivity index (χ1) is 6.34. The summed E-state index contributed by atoms with van der Waals surface area (Å²) in [7, 11) is 0. The molecule has 0 saturated carbocycles. The maximum absolute atomic E-state index is 5.43. The van der Waals surface area contributed by atoms with Gasteiger partial charge in [-0.1, -0.05) is 18.2 Å². The number of nitrogens with zero attached hydrogens (tertiary/aromatic N) is 1. The van der Waals surface area contributed by atoms with Crippen LogP contribution in [0.4, 0.5) is 5.82 Å². The van der Waals surface area contributed by atoms with Crippen molar-refractivity contribution in [3.8, 4) is 11.8 Å². The number of aromatic amines is 1. The molecule has 0 aliphatic rings. The molecule has 0 unspecified atom stereocenters. The quantitative estimate of drug-likeness (QED) is 0.731. The number of hydrogen-bond donors (Lipinski definition) is 2. The van der Waals surface area contributed by atoms with Crippen LogP contribution in [0.1, 0.15) is 0 Å². The number of nitrogen functional groups attached to an aromatic ring is 1. The Kier molecular flexibility index (Phi) is 1.88. The van der Waals surface area contributed by atoms with Gasteiger partial charge in [-0.05, 0) is 12.1 Å². The topological polar surface area (TPSA) is 63.9 Å². The van der Waals surface area contributed by atoms with Crippen molar-refractivity contribution in [1.29, 1.82) is 0 Å². The maximum atomic E-state index is 5.43. The fraction of sp³-hybridized carbons (Fsp3) is 0. The number of H-pyrrole nitrogens is 1. The minimum Gasteiger partial charge on any atom is -0.426 e. The Morgan fingerprint density at radius 3 is 2.62 bits per heavy atom. The Morgan fingerprint density at radius 2 is 2.00 bits per heavy atom. The van der Waals surface area contributed by atoms with Gasteiger partial charge in [0.05, 0.1) is 6.20 Å². The van der Waals surface area contributed by atoms with Crippen molar-refractivity contribution in [1.82, 2.24) is 9.97 Å². The number of rotatable bonds is 2. The molecule has 0 radical (unpaired) electrons. The zero-order valence-corrected chi connectivity index (χ0v) is 6.90. The number of ether oxygens (including phenoxy) is 1. The highest BCUT2D eigenvalue weighted by Gasteiger charge is 1.98. The van der Waals surface area contributed by atoms with Crippen LogP contribution in [0.25, 0.3) is 0 Å². The summed E-state index contributed by atoms with van der Waals surface area (Å²) in [6, 6.07) is 9.80. The molecule has 4 heteroatoms. The zero-order chi connectivity index (χ0) is 9.10. The molecule has 0 aliphatic carbocycles. The predicted octanol–water partition coefficient (Wildman–Crippen LogP) is 1.78. The number of hydrogen-bond acceptors (Lipinski definition) is 3. The third kappa shape index (κ3) is 1.79. The molecule has 1 heterocycles. The van der Waals surface area contributed by atoms with Crippen molar-refractivity contribution >= 4 is 5.82 Å². The summed E-state index contributed by atoms with van der Waals surface area (Å²) in [5.41, 5.74) is 5.43. The van der Waals surface area contributed by atoms with Gasteiger partial charge in [0.15, 0.2) is 0 Å². The second-order valence-corrected chi connectivity index (χ2v) is 2.56. The highest BCUT2D eigenvalue weighted by Crippen LogP contribution is 2.17. The number of aromatic nitrogens is 2. The Balaban J connectivity index is 2.15. The molecule has 2 rings (SSSR count). The average molecular weight is 175 g/mol. The standard InChI is InChI=1S/C9H9N3O/c10-8-6-11-9(12-8)13-7-4-2-1-3-5-7/h1-6H,10H2,(H,11,12). The fourth-order valence-corrected chi connectivity index (χ4v) is 0.968. The predicted molar refractivity (Wildman–Crippen MR) is 49.5 cm³/mol. The molecular formula is C9H9N3O. The van der Waals surface area contributed by atoms with Crippen molar-refractivity contribution in [2.24, 2.45) is 0 Å². The van der Waals surface area contributed by atoms with E-state index in [1.54, 1.807) is 0 Å². The monoisotopic (exact) mass is 175 g/mol. The smallest absolute Gasteiger partial charge is 0.300 e. The minimum atomic E-state index is 0.406. The third-order valence-corrected chi connectivity index (χ3v) is 1.53. The summed E-state index contributed by atoms with van der Waals surface area (Å²) in [5, 5.41) is 0. The van der Waals surface area contributed by atoms with Crippen LogP contribution >= 0.6 is 0 Å². The van der Waals surface area contributed by atoms with E-state index in [2.05, 4.69) is 9.97 Å². The van der Waals surface area contributed by atoms with E-state index in [1.807, 2.05) is 30.3 Å². The fourth-order valence-electron chi connectivity index (χ4n) is 0.968. The molecule has 0 fully saturated rings. The number of benzene rings is 1. The number of imidazole rings is 1. The van der Waals surface area contributed by atoms with Crippen molar-refractivity contribution < 1.29 is 4.74 Å². The largest absolute Gasteiger partial charge is 0.426 e. The Labute approximate surface area is 75.4 Å². The molecule has 66 valence electrons. The number of nitrogens with one attached hydrogen (secondary N) is 1. The van der Waals surface area contributed by atoms with Crippen molar-refractivity contribution in [2.45, 2.75) is 0 Å². The van der Waals surface area contributed by atoms with Gasteiger partial charge in [-0.2, -0.15) is 0 Å². The molecule has 0 spiro atoms. The molecule has 0 amide bonds. The van der Waals surface area contributed by atoms with E-state index in [1.165, 1.54) is 6.20 Å². The van der Waals surface area contributed by atoms with E-state index in [-0.39, 0.29) is 0 Å². The Bertz CT molecular complexity index is 383. The molecule has 13 heavy (non-hydrogen) atoms. The van der Waals surface area contributed by atoms with Crippen LogP contribution < -0.4 is 10.5 Å². The molecule has 0 aliphatic heterocycles. The van der Waals surface area contributed by atoms with Crippen molar-refractivity contribution in [3.05, 3.63) is 36.5 Å². The number of nitrogens with two attached hydrogens (primary N) is 1. The second kappa shape index (κ2) is 3.18. The van der Waals surface area contributed by atoms with Crippen LogP contribution in [0, 0.1) is 0 Å². The van der Waals surface area contributed by atoms with Gasteiger partial charge in [-0.3, -0.25) is 4.98 Å². The van der Waals surface area contributed by atoms with E-state index >= 15 is 0 Å². The van der Waals surface area contributed by atoms with Gasteiger partial charge < -0.3 is 10.5 Å². The molecule has 0 saturated heterocycles. The lowest BCUT2D eigenvalue weighted by Crippen LogP contribution is -1.86. The highest BCUT2D eigenvalue weighted by atomic mass is 16.5. The van der Waals surface area contributed by atoms with Gasteiger partial charge in [-0.15, -0.1) is 0 Å².